The zero-order valence-electron chi connectivity index (χ0n) is 12.5. The van der Waals surface area contributed by atoms with Gasteiger partial charge in [0, 0.05) is 9.61 Å². The minimum atomic E-state index is 0.458. The Hall–Kier alpha value is 0.200. The fourth-order valence-corrected chi connectivity index (χ4v) is 4.15. The van der Waals surface area contributed by atoms with Crippen LogP contribution in [0.4, 0.5) is 0 Å². The van der Waals surface area contributed by atoms with Crippen LogP contribution in [-0.2, 0) is 0 Å². The molecule has 0 aliphatic heterocycles. The molecular weight excluding hydrogens is 381 g/mol. The molecule has 1 aromatic rings. The van der Waals surface area contributed by atoms with Crippen molar-refractivity contribution in [1.82, 2.24) is 5.32 Å². The van der Waals surface area contributed by atoms with Crippen LogP contribution in [0.3, 0.4) is 0 Å². The Morgan fingerprint density at radius 2 is 2.05 bits per heavy atom. The Morgan fingerprint density at radius 1 is 1.30 bits per heavy atom. The molecule has 1 aromatic carbocycles. The monoisotopic (exact) mass is 405 g/mol. The summed E-state index contributed by atoms with van der Waals surface area (Å²) in [5.41, 5.74) is 1.36. The molecule has 1 aliphatic rings. The van der Waals surface area contributed by atoms with Gasteiger partial charge < -0.3 is 5.32 Å². The van der Waals surface area contributed by atoms with Gasteiger partial charge in [-0.2, -0.15) is 0 Å². The molecule has 1 fully saturated rings. The minimum absolute atomic E-state index is 0.458. The van der Waals surface area contributed by atoms with E-state index in [-0.39, 0.29) is 0 Å². The van der Waals surface area contributed by atoms with E-state index in [0.717, 1.165) is 27.0 Å². The van der Waals surface area contributed by atoms with Gasteiger partial charge in [-0.05, 0) is 65.1 Å². The highest BCUT2D eigenvalue weighted by Crippen LogP contribution is 2.41. The third-order valence-corrected chi connectivity index (χ3v) is 6.22. The summed E-state index contributed by atoms with van der Waals surface area (Å²) in [6, 6.07) is 7.02. The average Bonchev–Trinajstić information content (AvgIpc) is 2.48. The maximum absolute atomic E-state index is 6.33. The van der Waals surface area contributed by atoms with Crippen LogP contribution in [-0.4, -0.2) is 6.54 Å². The van der Waals surface area contributed by atoms with E-state index in [9.17, 15) is 0 Å². The topological polar surface area (TPSA) is 12.0 Å². The van der Waals surface area contributed by atoms with Gasteiger partial charge in [-0.3, -0.25) is 0 Å². The van der Waals surface area contributed by atoms with Crippen molar-refractivity contribution >= 4 is 34.2 Å². The van der Waals surface area contributed by atoms with E-state index in [1.165, 1.54) is 37.7 Å². The van der Waals surface area contributed by atoms with Crippen molar-refractivity contribution < 1.29 is 0 Å². The average molecular weight is 406 g/mol. The van der Waals surface area contributed by atoms with Crippen molar-refractivity contribution in [3.8, 4) is 0 Å². The number of hydrogen-bond acceptors (Lipinski definition) is 1. The molecule has 0 bridgehead atoms. The lowest BCUT2D eigenvalue weighted by atomic mass is 9.72. The predicted octanol–water partition coefficient (Wildman–Crippen LogP) is 5.81. The summed E-state index contributed by atoms with van der Waals surface area (Å²) in [4.78, 5) is 0. The van der Waals surface area contributed by atoms with E-state index in [2.05, 4.69) is 60.0 Å². The molecule has 0 aromatic heterocycles. The Balaban J connectivity index is 2.26. The van der Waals surface area contributed by atoms with Gasteiger partial charge >= 0.3 is 0 Å². The largest absolute Gasteiger partial charge is 0.310 e. The fraction of sp³-hybridized carbons (Fsp3) is 0.647. The maximum atomic E-state index is 6.33. The van der Waals surface area contributed by atoms with Gasteiger partial charge in [-0.25, -0.2) is 0 Å². The van der Waals surface area contributed by atoms with Crippen molar-refractivity contribution in [2.24, 2.45) is 11.8 Å². The molecule has 0 amide bonds. The summed E-state index contributed by atoms with van der Waals surface area (Å²) in [6.45, 7) is 5.55. The molecule has 3 atom stereocenters. The summed E-state index contributed by atoms with van der Waals surface area (Å²) in [7, 11) is 0. The molecule has 3 unspecified atom stereocenters. The standard InChI is InChI=1S/C17H25ClIN/c1-3-12-7-5-6-8-14(12)17(20-4-2)13-9-10-16(19)15(18)11-13/h9-12,14,17,20H,3-8H2,1-2H3. The molecule has 20 heavy (non-hydrogen) atoms. The van der Waals surface area contributed by atoms with E-state index in [4.69, 9.17) is 11.6 Å². The first-order valence-corrected chi connectivity index (χ1v) is 9.31. The highest BCUT2D eigenvalue weighted by Gasteiger charge is 2.31. The molecule has 112 valence electrons. The fourth-order valence-electron chi connectivity index (χ4n) is 3.62. The van der Waals surface area contributed by atoms with Crippen LogP contribution in [0.15, 0.2) is 18.2 Å². The first kappa shape index (κ1) is 16.6. The van der Waals surface area contributed by atoms with E-state index in [1.807, 2.05) is 0 Å². The highest BCUT2D eigenvalue weighted by atomic mass is 127. The van der Waals surface area contributed by atoms with Gasteiger partial charge in [0.15, 0.2) is 0 Å². The van der Waals surface area contributed by atoms with Crippen LogP contribution in [0.2, 0.25) is 5.02 Å². The van der Waals surface area contributed by atoms with Crippen LogP contribution < -0.4 is 5.32 Å². The summed E-state index contributed by atoms with van der Waals surface area (Å²) >= 11 is 8.63. The Morgan fingerprint density at radius 3 is 2.70 bits per heavy atom. The molecule has 1 aliphatic carbocycles. The molecule has 0 heterocycles. The van der Waals surface area contributed by atoms with Gasteiger partial charge in [-0.1, -0.05) is 57.2 Å². The third kappa shape index (κ3) is 3.89. The predicted molar refractivity (Wildman–Crippen MR) is 96.3 cm³/mol. The molecule has 2 rings (SSSR count). The maximum Gasteiger partial charge on any atom is 0.0542 e. The van der Waals surface area contributed by atoms with Crippen molar-refractivity contribution in [2.75, 3.05) is 6.54 Å². The quantitative estimate of drug-likeness (QED) is 0.609. The van der Waals surface area contributed by atoms with Gasteiger partial charge in [0.05, 0.1) is 5.02 Å². The Bertz CT molecular complexity index is 435. The lowest BCUT2D eigenvalue weighted by Crippen LogP contribution is -2.34. The Labute approximate surface area is 142 Å². The van der Waals surface area contributed by atoms with Crippen molar-refractivity contribution in [2.45, 2.75) is 52.0 Å². The third-order valence-electron chi connectivity index (χ3n) is 4.65. The minimum Gasteiger partial charge on any atom is -0.310 e. The molecule has 1 N–H and O–H groups in total. The van der Waals surface area contributed by atoms with Gasteiger partial charge in [0.2, 0.25) is 0 Å². The van der Waals surface area contributed by atoms with Crippen molar-refractivity contribution in [3.63, 3.8) is 0 Å². The molecule has 0 radical (unpaired) electrons. The van der Waals surface area contributed by atoms with Crippen molar-refractivity contribution in [3.05, 3.63) is 32.4 Å². The van der Waals surface area contributed by atoms with Gasteiger partial charge in [0.25, 0.3) is 0 Å². The number of benzene rings is 1. The lowest BCUT2D eigenvalue weighted by molar-refractivity contribution is 0.177. The first-order chi connectivity index (χ1) is 9.67. The number of hydrogen-bond donors (Lipinski definition) is 1. The molecular formula is C17H25ClIN. The number of nitrogens with one attached hydrogen (secondary N) is 1. The summed E-state index contributed by atoms with van der Waals surface area (Å²) in [6.07, 6.45) is 6.81. The Kier molecular flexibility index (Phi) is 6.63. The number of halogens is 2. The smallest absolute Gasteiger partial charge is 0.0542 e. The molecule has 0 saturated heterocycles. The van der Waals surface area contributed by atoms with Crippen LogP contribution in [0.1, 0.15) is 57.6 Å². The second-order valence-electron chi connectivity index (χ2n) is 5.83. The zero-order chi connectivity index (χ0) is 14.5. The summed E-state index contributed by atoms with van der Waals surface area (Å²) in [5.74, 6) is 1.61. The summed E-state index contributed by atoms with van der Waals surface area (Å²) in [5, 5.41) is 4.60. The second kappa shape index (κ2) is 8.00. The summed E-state index contributed by atoms with van der Waals surface area (Å²) < 4.78 is 1.14. The SMILES string of the molecule is CCNC(c1ccc(I)c(Cl)c1)C1CCCCC1CC. The van der Waals surface area contributed by atoms with E-state index >= 15 is 0 Å². The molecule has 1 saturated carbocycles. The van der Waals surface area contributed by atoms with Crippen LogP contribution >= 0.6 is 34.2 Å². The van der Waals surface area contributed by atoms with Crippen LogP contribution in [0, 0.1) is 15.4 Å². The molecule has 1 nitrogen and oxygen atoms in total. The van der Waals surface area contributed by atoms with E-state index < -0.39 is 0 Å². The molecule has 0 spiro atoms. The van der Waals surface area contributed by atoms with Crippen LogP contribution in [0.25, 0.3) is 0 Å². The normalized spacial score (nSPS) is 24.6. The molecule has 3 heteroatoms. The van der Waals surface area contributed by atoms with Gasteiger partial charge in [0.1, 0.15) is 0 Å². The highest BCUT2D eigenvalue weighted by molar-refractivity contribution is 14.1. The van der Waals surface area contributed by atoms with E-state index in [1.54, 1.807) is 0 Å². The van der Waals surface area contributed by atoms with Crippen LogP contribution in [0.5, 0.6) is 0 Å². The first-order valence-electron chi connectivity index (χ1n) is 7.85. The van der Waals surface area contributed by atoms with E-state index in [0.29, 0.717) is 6.04 Å². The van der Waals surface area contributed by atoms with Crippen molar-refractivity contribution in [1.29, 1.82) is 0 Å². The number of rotatable bonds is 5. The lowest BCUT2D eigenvalue weighted by Gasteiger charge is -2.37. The second-order valence-corrected chi connectivity index (χ2v) is 7.39. The zero-order valence-corrected chi connectivity index (χ0v) is 15.4. The van der Waals surface area contributed by atoms with Gasteiger partial charge in [-0.15, -0.1) is 0 Å².